The fraction of sp³-hybridized carbons (Fsp3) is 0.462. The number of aryl methyl sites for hydroxylation is 1. The molecule has 2 N–H and O–H groups in total. The average molecular weight is 469 g/mol. The normalized spacial score (nSPS) is 16.0. The standard InChI is InChI=1S/C26H32N2O6/c1-15-9-20(26(30)31)25-27-18(14-28(25)13-15)12-23(34-19-7-5-6-8-19)24(29)17-10-21(32-3)16(2)22(11-17)33-4/h9-11,13-14,19,23-24,29H,5-8,12H2,1-4H3,(H,30,31)/t23-,24+/m0/s1. The molecule has 1 aromatic carbocycles. The van der Waals surface area contributed by atoms with Crippen LogP contribution in [0.15, 0.2) is 30.6 Å². The molecule has 8 nitrogen and oxygen atoms in total. The zero-order chi connectivity index (χ0) is 24.4. The molecule has 8 heteroatoms. The van der Waals surface area contributed by atoms with Crippen LogP contribution in [0.2, 0.25) is 0 Å². The second-order valence-electron chi connectivity index (χ2n) is 8.98. The van der Waals surface area contributed by atoms with E-state index in [0.29, 0.717) is 34.8 Å². The topological polar surface area (TPSA) is 103 Å². The van der Waals surface area contributed by atoms with Gasteiger partial charge in [0.15, 0.2) is 5.65 Å². The van der Waals surface area contributed by atoms with Crippen molar-refractivity contribution in [3.05, 3.63) is 58.5 Å². The van der Waals surface area contributed by atoms with E-state index in [1.807, 2.05) is 38.4 Å². The van der Waals surface area contributed by atoms with Gasteiger partial charge in [-0.15, -0.1) is 0 Å². The van der Waals surface area contributed by atoms with Gasteiger partial charge in [0.1, 0.15) is 23.2 Å². The molecule has 0 saturated heterocycles. The Hall–Kier alpha value is -3.10. The minimum Gasteiger partial charge on any atom is -0.496 e. The number of ether oxygens (including phenoxy) is 3. The Morgan fingerprint density at radius 3 is 2.35 bits per heavy atom. The summed E-state index contributed by atoms with van der Waals surface area (Å²) < 4.78 is 19.1. The molecule has 0 unspecified atom stereocenters. The molecule has 0 aliphatic heterocycles. The summed E-state index contributed by atoms with van der Waals surface area (Å²) in [6.07, 6.45) is 6.66. The lowest BCUT2D eigenvalue weighted by Crippen LogP contribution is -2.29. The summed E-state index contributed by atoms with van der Waals surface area (Å²) in [7, 11) is 3.17. The van der Waals surface area contributed by atoms with Crippen molar-refractivity contribution >= 4 is 11.6 Å². The Labute approximate surface area is 199 Å². The molecule has 2 heterocycles. The van der Waals surface area contributed by atoms with Crippen molar-refractivity contribution in [3.63, 3.8) is 0 Å². The van der Waals surface area contributed by atoms with E-state index >= 15 is 0 Å². The van der Waals surface area contributed by atoms with Crippen LogP contribution in [0, 0.1) is 13.8 Å². The molecule has 1 saturated carbocycles. The van der Waals surface area contributed by atoms with Gasteiger partial charge >= 0.3 is 5.97 Å². The van der Waals surface area contributed by atoms with Crippen molar-refractivity contribution in [2.24, 2.45) is 0 Å². The number of aromatic nitrogens is 2. The van der Waals surface area contributed by atoms with Gasteiger partial charge in [0.25, 0.3) is 0 Å². The monoisotopic (exact) mass is 468 g/mol. The van der Waals surface area contributed by atoms with Crippen molar-refractivity contribution in [1.29, 1.82) is 0 Å². The molecule has 1 fully saturated rings. The van der Waals surface area contributed by atoms with Crippen molar-refractivity contribution in [2.45, 2.75) is 64.3 Å². The fourth-order valence-electron chi connectivity index (χ4n) is 4.75. The summed E-state index contributed by atoms with van der Waals surface area (Å²) in [6.45, 7) is 3.75. The molecular formula is C26H32N2O6. The number of nitrogens with zero attached hydrogens (tertiary/aromatic N) is 2. The van der Waals surface area contributed by atoms with E-state index in [0.717, 1.165) is 36.8 Å². The van der Waals surface area contributed by atoms with Gasteiger partial charge in [-0.25, -0.2) is 9.78 Å². The number of methoxy groups -OCH3 is 2. The van der Waals surface area contributed by atoms with Crippen LogP contribution in [0.3, 0.4) is 0 Å². The van der Waals surface area contributed by atoms with Gasteiger partial charge in [0.2, 0.25) is 0 Å². The van der Waals surface area contributed by atoms with Gasteiger partial charge in [0.05, 0.1) is 32.1 Å². The van der Waals surface area contributed by atoms with Crippen molar-refractivity contribution in [2.75, 3.05) is 14.2 Å². The predicted molar refractivity (Wildman–Crippen MR) is 127 cm³/mol. The Kier molecular flexibility index (Phi) is 7.09. The number of carboxylic acid groups (broad SMARTS) is 1. The predicted octanol–water partition coefficient (Wildman–Crippen LogP) is 4.27. The van der Waals surface area contributed by atoms with Gasteiger partial charge in [-0.3, -0.25) is 0 Å². The van der Waals surface area contributed by atoms with Crippen LogP contribution in [0.4, 0.5) is 0 Å². The van der Waals surface area contributed by atoms with E-state index in [4.69, 9.17) is 14.2 Å². The minimum absolute atomic E-state index is 0.0720. The summed E-state index contributed by atoms with van der Waals surface area (Å²) in [5.74, 6) is 0.230. The zero-order valence-corrected chi connectivity index (χ0v) is 20.1. The zero-order valence-electron chi connectivity index (χ0n) is 20.1. The van der Waals surface area contributed by atoms with E-state index in [9.17, 15) is 15.0 Å². The van der Waals surface area contributed by atoms with Crippen LogP contribution in [0.5, 0.6) is 11.5 Å². The van der Waals surface area contributed by atoms with Gasteiger partial charge < -0.3 is 28.8 Å². The third kappa shape index (κ3) is 4.88. The van der Waals surface area contributed by atoms with Crippen molar-refractivity contribution < 1.29 is 29.2 Å². The highest BCUT2D eigenvalue weighted by atomic mass is 16.5. The van der Waals surface area contributed by atoms with Crippen LogP contribution in [0.25, 0.3) is 5.65 Å². The highest BCUT2D eigenvalue weighted by Crippen LogP contribution is 2.35. The van der Waals surface area contributed by atoms with E-state index in [-0.39, 0.29) is 11.7 Å². The average Bonchev–Trinajstić information content (AvgIpc) is 3.47. The van der Waals surface area contributed by atoms with Crippen LogP contribution in [0.1, 0.15) is 64.5 Å². The SMILES string of the molecule is COc1cc([C@@H](O)[C@H](Cc2cn3cc(C)cc(C(=O)O)c3n2)OC2CCCC2)cc(OC)c1C. The number of aromatic carboxylic acids is 1. The number of fused-ring (bicyclic) bond motifs is 1. The molecule has 3 aromatic rings. The molecule has 1 aliphatic carbocycles. The fourth-order valence-corrected chi connectivity index (χ4v) is 4.75. The Morgan fingerprint density at radius 2 is 1.76 bits per heavy atom. The number of imidazole rings is 1. The molecule has 0 amide bonds. The molecular weight excluding hydrogens is 436 g/mol. The molecule has 0 bridgehead atoms. The van der Waals surface area contributed by atoms with Crippen molar-refractivity contribution in [1.82, 2.24) is 9.38 Å². The van der Waals surface area contributed by atoms with Crippen LogP contribution < -0.4 is 9.47 Å². The van der Waals surface area contributed by atoms with E-state index < -0.39 is 18.2 Å². The number of carboxylic acids is 1. The number of rotatable bonds is 9. The maximum Gasteiger partial charge on any atom is 0.339 e. The number of aliphatic hydroxyl groups is 1. The Bertz CT molecular complexity index is 1160. The first-order valence-electron chi connectivity index (χ1n) is 11.6. The molecule has 1 aliphatic rings. The third-order valence-electron chi connectivity index (χ3n) is 6.52. The summed E-state index contributed by atoms with van der Waals surface area (Å²) in [5, 5.41) is 21.0. The largest absolute Gasteiger partial charge is 0.496 e. The number of pyridine rings is 1. The third-order valence-corrected chi connectivity index (χ3v) is 6.52. The highest BCUT2D eigenvalue weighted by Gasteiger charge is 2.29. The Morgan fingerprint density at radius 1 is 1.12 bits per heavy atom. The van der Waals surface area contributed by atoms with Gasteiger partial charge in [-0.2, -0.15) is 0 Å². The summed E-state index contributed by atoms with van der Waals surface area (Å²) in [5.41, 5.74) is 3.49. The lowest BCUT2D eigenvalue weighted by Gasteiger charge is -2.27. The number of aliphatic hydroxyl groups excluding tert-OH is 1. The second-order valence-corrected chi connectivity index (χ2v) is 8.98. The first-order valence-corrected chi connectivity index (χ1v) is 11.6. The number of benzene rings is 1. The number of hydrogen-bond donors (Lipinski definition) is 2. The van der Waals surface area contributed by atoms with Crippen LogP contribution in [-0.2, 0) is 11.2 Å². The minimum atomic E-state index is -1.02. The van der Waals surface area contributed by atoms with Gasteiger partial charge in [-0.1, -0.05) is 12.8 Å². The highest BCUT2D eigenvalue weighted by molar-refractivity contribution is 5.94. The van der Waals surface area contributed by atoms with Crippen LogP contribution >= 0.6 is 0 Å². The molecule has 2 aromatic heterocycles. The summed E-state index contributed by atoms with van der Waals surface area (Å²) in [4.78, 5) is 16.3. The molecule has 0 radical (unpaired) electrons. The molecule has 34 heavy (non-hydrogen) atoms. The lowest BCUT2D eigenvalue weighted by atomic mass is 9.98. The van der Waals surface area contributed by atoms with E-state index in [2.05, 4.69) is 4.98 Å². The maximum atomic E-state index is 11.7. The maximum absolute atomic E-state index is 11.7. The van der Waals surface area contributed by atoms with E-state index in [1.165, 1.54) is 0 Å². The van der Waals surface area contributed by atoms with E-state index in [1.54, 1.807) is 24.7 Å². The van der Waals surface area contributed by atoms with Crippen LogP contribution in [-0.4, -0.2) is 52.0 Å². The second kappa shape index (κ2) is 10.0. The van der Waals surface area contributed by atoms with Gasteiger partial charge in [-0.05, 0) is 56.0 Å². The molecule has 182 valence electrons. The van der Waals surface area contributed by atoms with Gasteiger partial charge in [0, 0.05) is 24.4 Å². The summed E-state index contributed by atoms with van der Waals surface area (Å²) >= 11 is 0. The number of hydrogen-bond acceptors (Lipinski definition) is 6. The first-order chi connectivity index (χ1) is 16.3. The molecule has 0 spiro atoms. The first kappa shape index (κ1) is 24.0. The quantitative estimate of drug-likeness (QED) is 0.483. The molecule has 4 rings (SSSR count). The molecule has 2 atom stereocenters. The number of carbonyl (C=O) groups is 1. The lowest BCUT2D eigenvalue weighted by molar-refractivity contribution is -0.0757. The smallest absolute Gasteiger partial charge is 0.339 e. The summed E-state index contributed by atoms with van der Waals surface area (Å²) in [6, 6.07) is 5.23. The van der Waals surface area contributed by atoms with Crippen molar-refractivity contribution in [3.8, 4) is 11.5 Å². The Balaban J connectivity index is 1.69.